The Morgan fingerprint density at radius 2 is 1.81 bits per heavy atom. The van der Waals surface area contributed by atoms with E-state index in [0.717, 1.165) is 11.1 Å². The number of rotatable bonds is 7. The molecule has 0 unspecified atom stereocenters. The highest BCUT2D eigenvalue weighted by molar-refractivity contribution is 6.04. The van der Waals surface area contributed by atoms with Gasteiger partial charge in [0.05, 0.1) is 25.4 Å². The van der Waals surface area contributed by atoms with E-state index in [1.54, 1.807) is 45.0 Å². The van der Waals surface area contributed by atoms with Crippen molar-refractivity contribution in [3.63, 3.8) is 0 Å². The highest BCUT2D eigenvalue weighted by Gasteiger charge is 2.59. The highest BCUT2D eigenvalue weighted by Crippen LogP contribution is 2.49. The maximum absolute atomic E-state index is 14.3. The van der Waals surface area contributed by atoms with Gasteiger partial charge >= 0.3 is 12.1 Å². The van der Waals surface area contributed by atoms with Crippen molar-refractivity contribution in [2.45, 2.75) is 45.0 Å². The molecule has 2 aromatic rings. The summed E-state index contributed by atoms with van der Waals surface area (Å²) >= 11 is 0. The van der Waals surface area contributed by atoms with Gasteiger partial charge in [-0.15, -0.1) is 0 Å². The fraction of sp³-hybridized carbons (Fsp3) is 0.360. The lowest BCUT2D eigenvalue weighted by Crippen LogP contribution is -2.43. The molecule has 0 radical (unpaired) electrons. The van der Waals surface area contributed by atoms with E-state index in [1.165, 1.54) is 4.90 Å². The third-order valence-corrected chi connectivity index (χ3v) is 6.15. The second-order valence-electron chi connectivity index (χ2n) is 8.87. The smallest absolute Gasteiger partial charge is 0.458 e. The molecule has 0 bridgehead atoms. The molecule has 2 amide bonds. The number of halogens is 5. The first kappa shape index (κ1) is 25.6. The van der Waals surface area contributed by atoms with Crippen molar-refractivity contribution < 1.29 is 41.1 Å². The summed E-state index contributed by atoms with van der Waals surface area (Å²) in [6.07, 6.45) is -5.42. The molecule has 11 heteroatoms. The Labute approximate surface area is 203 Å². The number of carbonyl (C=O) groups is 2. The molecule has 2 aliphatic heterocycles. The van der Waals surface area contributed by atoms with Crippen LogP contribution in [0.25, 0.3) is 5.70 Å². The molecule has 0 aliphatic carbocycles. The second-order valence-corrected chi connectivity index (χ2v) is 8.87. The van der Waals surface area contributed by atoms with Crippen molar-refractivity contribution in [2.75, 3.05) is 13.2 Å². The summed E-state index contributed by atoms with van der Waals surface area (Å²) in [5, 5.41) is 0.952. The zero-order chi connectivity index (χ0) is 26.5. The quantitative estimate of drug-likeness (QED) is 0.289. The molecule has 0 atom stereocenters. The molecule has 0 spiro atoms. The Morgan fingerprint density at radius 1 is 1.11 bits per heavy atom. The van der Waals surface area contributed by atoms with Crippen molar-refractivity contribution in [1.82, 2.24) is 9.96 Å². The number of alkyl halides is 5. The summed E-state index contributed by atoms with van der Waals surface area (Å²) in [6, 6.07) is 9.12. The van der Waals surface area contributed by atoms with Gasteiger partial charge in [0.25, 0.3) is 5.91 Å². The Morgan fingerprint density at radius 3 is 2.42 bits per heavy atom. The van der Waals surface area contributed by atoms with Gasteiger partial charge in [-0.3, -0.25) is 14.4 Å². The molecule has 2 aromatic carbocycles. The minimum Gasteiger partial charge on any atom is -0.483 e. The van der Waals surface area contributed by atoms with Gasteiger partial charge in [-0.05, 0) is 50.6 Å². The predicted octanol–water partition coefficient (Wildman–Crippen LogP) is 5.29. The summed E-state index contributed by atoms with van der Waals surface area (Å²) in [5.41, 5.74) is -1.16. The number of amides is 2. The minimum absolute atomic E-state index is 0.0262. The summed E-state index contributed by atoms with van der Waals surface area (Å²) < 4.78 is 74.1. The minimum atomic E-state index is -5.83. The van der Waals surface area contributed by atoms with Gasteiger partial charge in [-0.1, -0.05) is 18.2 Å². The number of hydrogen-bond acceptors (Lipinski definition) is 4. The lowest BCUT2D eigenvalue weighted by molar-refractivity contribution is -0.289. The second kappa shape index (κ2) is 8.88. The van der Waals surface area contributed by atoms with Crippen LogP contribution in [0.3, 0.4) is 0 Å². The molecule has 0 saturated carbocycles. The predicted molar refractivity (Wildman–Crippen MR) is 119 cm³/mol. The lowest BCUT2D eigenvalue weighted by Gasteiger charge is -2.40. The summed E-state index contributed by atoms with van der Waals surface area (Å²) in [7, 11) is 0. The average molecular weight is 510 g/mol. The van der Waals surface area contributed by atoms with E-state index in [9.17, 15) is 31.5 Å². The fourth-order valence-corrected chi connectivity index (χ4v) is 4.39. The maximum Gasteiger partial charge on any atom is 0.458 e. The van der Waals surface area contributed by atoms with Crippen molar-refractivity contribution in [1.29, 1.82) is 0 Å². The van der Waals surface area contributed by atoms with E-state index in [1.807, 2.05) is 0 Å². The topological polar surface area (TPSA) is 59.1 Å². The number of fused-ring (bicyclic) bond motifs is 2. The van der Waals surface area contributed by atoms with E-state index in [0.29, 0.717) is 35.2 Å². The summed E-state index contributed by atoms with van der Waals surface area (Å²) in [6.45, 7) is 4.90. The molecule has 0 fully saturated rings. The van der Waals surface area contributed by atoms with Gasteiger partial charge in [0.1, 0.15) is 11.4 Å². The monoisotopic (exact) mass is 510 g/mol. The van der Waals surface area contributed by atoms with Crippen LogP contribution in [0.15, 0.2) is 48.0 Å². The molecule has 0 N–H and O–H groups in total. The maximum atomic E-state index is 14.3. The molecule has 4 rings (SSSR count). The van der Waals surface area contributed by atoms with Crippen LogP contribution in [0.2, 0.25) is 0 Å². The molecule has 0 saturated heterocycles. The van der Waals surface area contributed by atoms with Crippen LogP contribution in [0.5, 0.6) is 5.75 Å². The molecule has 6 nitrogen and oxygen atoms in total. The molecular weight excluding hydrogens is 487 g/mol. The van der Waals surface area contributed by atoms with E-state index < -0.39 is 29.2 Å². The molecular formula is C25H23F5N2O4. The lowest BCUT2D eigenvalue weighted by atomic mass is 9.87. The first-order chi connectivity index (χ1) is 16.8. The molecule has 2 heterocycles. The van der Waals surface area contributed by atoms with Gasteiger partial charge in [0.2, 0.25) is 6.41 Å². The van der Waals surface area contributed by atoms with Crippen molar-refractivity contribution in [2.24, 2.45) is 0 Å². The first-order valence-corrected chi connectivity index (χ1v) is 11.1. The van der Waals surface area contributed by atoms with Crippen LogP contribution >= 0.6 is 0 Å². The third kappa shape index (κ3) is 4.21. The SMILES string of the molecule is CCON(C=O)CC1=C(N2Cc3ccccc3C2=O)c2cc(C(F)(F)C(F)(F)F)ccc2OC1(C)C. The van der Waals surface area contributed by atoms with E-state index in [2.05, 4.69) is 0 Å². The number of hydrogen-bond donors (Lipinski definition) is 0. The van der Waals surface area contributed by atoms with E-state index in [-0.39, 0.29) is 36.7 Å². The van der Waals surface area contributed by atoms with Gasteiger partial charge in [-0.2, -0.15) is 22.0 Å². The average Bonchev–Trinajstić information content (AvgIpc) is 3.13. The fourth-order valence-electron chi connectivity index (χ4n) is 4.39. The molecule has 0 aromatic heterocycles. The van der Waals surface area contributed by atoms with Crippen molar-refractivity contribution in [3.8, 4) is 5.75 Å². The van der Waals surface area contributed by atoms with Gasteiger partial charge in [0.15, 0.2) is 0 Å². The van der Waals surface area contributed by atoms with Gasteiger partial charge in [0, 0.05) is 22.3 Å². The highest BCUT2D eigenvalue weighted by atomic mass is 19.4. The standard InChI is InChI=1S/C25H23F5N2O4/c1-4-35-31(14-33)13-19-21(32-12-15-7-5-6-8-17(15)22(32)34)18-11-16(24(26,27)25(28,29)30)9-10-20(18)36-23(19,2)3/h5-11,14H,4,12-13H2,1-3H3. The number of benzene rings is 2. The van der Waals surface area contributed by atoms with Gasteiger partial charge in [-0.25, -0.2) is 5.06 Å². The van der Waals surface area contributed by atoms with E-state index in [4.69, 9.17) is 9.57 Å². The molecule has 192 valence electrons. The Kier molecular flexibility index (Phi) is 6.32. The van der Waals surface area contributed by atoms with Crippen LogP contribution in [-0.2, 0) is 22.1 Å². The van der Waals surface area contributed by atoms with Crippen molar-refractivity contribution >= 4 is 18.0 Å². The van der Waals surface area contributed by atoms with Gasteiger partial charge < -0.3 is 9.64 Å². The Hall–Kier alpha value is -3.47. The first-order valence-electron chi connectivity index (χ1n) is 11.1. The molecule has 36 heavy (non-hydrogen) atoms. The van der Waals surface area contributed by atoms with Crippen molar-refractivity contribution in [3.05, 3.63) is 70.3 Å². The number of nitrogens with zero attached hydrogens (tertiary/aromatic N) is 2. The van der Waals surface area contributed by atoms with E-state index >= 15 is 0 Å². The zero-order valence-corrected chi connectivity index (χ0v) is 19.7. The summed E-state index contributed by atoms with van der Waals surface area (Å²) in [4.78, 5) is 31.6. The molecule has 2 aliphatic rings. The third-order valence-electron chi connectivity index (χ3n) is 6.15. The normalized spacial score (nSPS) is 17.0. The number of carbonyl (C=O) groups excluding carboxylic acids is 2. The Balaban J connectivity index is 1.96. The number of ether oxygens (including phenoxy) is 1. The van der Waals surface area contributed by atoms with Crippen LogP contribution in [0.4, 0.5) is 22.0 Å². The van der Waals surface area contributed by atoms with Crippen LogP contribution in [-0.4, -0.2) is 47.2 Å². The zero-order valence-electron chi connectivity index (χ0n) is 19.7. The largest absolute Gasteiger partial charge is 0.483 e. The van der Waals surface area contributed by atoms with Crippen LogP contribution < -0.4 is 4.74 Å². The number of hydroxylamine groups is 2. The van der Waals surface area contributed by atoms with Crippen LogP contribution in [0.1, 0.15) is 47.8 Å². The Bertz CT molecular complexity index is 1240. The van der Waals surface area contributed by atoms with Crippen LogP contribution in [0, 0.1) is 0 Å². The summed E-state index contributed by atoms with van der Waals surface area (Å²) in [5.74, 6) is -5.57.